The van der Waals surface area contributed by atoms with Crippen LogP contribution in [0.1, 0.15) is 44.5 Å². The van der Waals surface area contributed by atoms with Crippen LogP contribution in [0.2, 0.25) is 0 Å². The van der Waals surface area contributed by atoms with E-state index in [0.29, 0.717) is 6.04 Å². The Morgan fingerprint density at radius 2 is 2.00 bits per heavy atom. The molecule has 1 aromatic rings. The first-order valence-corrected chi connectivity index (χ1v) is 6.90. The van der Waals surface area contributed by atoms with Gasteiger partial charge < -0.3 is 10.0 Å². The molecule has 0 radical (unpaired) electrons. The van der Waals surface area contributed by atoms with Gasteiger partial charge in [0.05, 0.1) is 11.4 Å². The van der Waals surface area contributed by atoms with Gasteiger partial charge in [0, 0.05) is 19.2 Å². The van der Waals surface area contributed by atoms with Crippen LogP contribution in [0.25, 0.3) is 0 Å². The van der Waals surface area contributed by atoms with Crippen molar-refractivity contribution in [1.29, 1.82) is 0 Å². The van der Waals surface area contributed by atoms with Crippen LogP contribution in [0.5, 0.6) is 0 Å². The molecule has 2 heterocycles. The fourth-order valence-corrected chi connectivity index (χ4v) is 2.60. The first-order chi connectivity index (χ1) is 8.80. The highest BCUT2D eigenvalue weighted by Gasteiger charge is 2.26. The lowest BCUT2D eigenvalue weighted by molar-refractivity contribution is 0.275. The molecule has 2 rings (SSSR count). The van der Waals surface area contributed by atoms with Crippen LogP contribution in [-0.4, -0.2) is 39.5 Å². The van der Waals surface area contributed by atoms with E-state index in [0.717, 1.165) is 56.0 Å². The zero-order chi connectivity index (χ0) is 13.0. The normalized spacial score (nSPS) is 19.5. The smallest absolute Gasteiger partial charge is 0.245 e. The Bertz CT molecular complexity index is 397. The summed E-state index contributed by atoms with van der Waals surface area (Å²) in [7, 11) is 0. The average molecular weight is 250 g/mol. The fraction of sp³-hybridized carbons (Fsp3) is 0.769. The van der Waals surface area contributed by atoms with Crippen molar-refractivity contribution in [2.24, 2.45) is 0 Å². The number of aromatic nitrogens is 3. The molecule has 1 atom stereocenters. The average Bonchev–Trinajstić information content (AvgIpc) is 2.86. The van der Waals surface area contributed by atoms with E-state index in [9.17, 15) is 0 Å². The van der Waals surface area contributed by atoms with Crippen LogP contribution in [0, 0.1) is 0 Å². The van der Waals surface area contributed by atoms with E-state index in [4.69, 9.17) is 5.11 Å². The van der Waals surface area contributed by atoms with E-state index < -0.39 is 0 Å². The molecule has 1 unspecified atom stereocenters. The van der Waals surface area contributed by atoms with Gasteiger partial charge in [-0.05, 0) is 32.1 Å². The predicted molar refractivity (Wildman–Crippen MR) is 70.7 cm³/mol. The second kappa shape index (κ2) is 6.09. The van der Waals surface area contributed by atoms with Gasteiger partial charge in [0.15, 0.2) is 0 Å². The van der Waals surface area contributed by atoms with Crippen LogP contribution >= 0.6 is 0 Å². The molecule has 100 valence electrons. The van der Waals surface area contributed by atoms with Crippen LogP contribution < -0.4 is 4.90 Å². The Morgan fingerprint density at radius 3 is 2.67 bits per heavy atom. The van der Waals surface area contributed by atoms with Crippen molar-refractivity contribution in [2.75, 3.05) is 18.1 Å². The third kappa shape index (κ3) is 2.61. The number of anilines is 1. The lowest BCUT2D eigenvalue weighted by atomic mass is 10.1. The van der Waals surface area contributed by atoms with Gasteiger partial charge in [-0.25, -0.2) is 4.98 Å². The van der Waals surface area contributed by atoms with Crippen molar-refractivity contribution in [1.82, 2.24) is 15.2 Å². The maximum atomic E-state index is 9.09. The minimum absolute atomic E-state index is 0.224. The Labute approximate surface area is 108 Å². The molecular formula is C13H22N4O. The molecule has 5 nitrogen and oxygen atoms in total. The van der Waals surface area contributed by atoms with Crippen molar-refractivity contribution in [3.8, 4) is 0 Å². The molecule has 0 saturated carbocycles. The maximum Gasteiger partial charge on any atom is 0.245 e. The topological polar surface area (TPSA) is 62.1 Å². The minimum Gasteiger partial charge on any atom is -0.396 e. The lowest BCUT2D eigenvalue weighted by Gasteiger charge is -2.24. The van der Waals surface area contributed by atoms with E-state index in [1.165, 1.54) is 0 Å². The van der Waals surface area contributed by atoms with E-state index >= 15 is 0 Å². The van der Waals surface area contributed by atoms with E-state index in [2.05, 4.69) is 33.9 Å². The number of aliphatic hydroxyl groups is 1. The van der Waals surface area contributed by atoms with E-state index in [-0.39, 0.29) is 6.61 Å². The SMILES string of the molecule is CCc1nnc(N2CCCC2CCO)nc1CC. The van der Waals surface area contributed by atoms with E-state index in [1.54, 1.807) is 0 Å². The summed E-state index contributed by atoms with van der Waals surface area (Å²) in [5.41, 5.74) is 2.05. The summed E-state index contributed by atoms with van der Waals surface area (Å²) >= 11 is 0. The first-order valence-electron chi connectivity index (χ1n) is 6.90. The summed E-state index contributed by atoms with van der Waals surface area (Å²) < 4.78 is 0. The molecule has 1 saturated heterocycles. The van der Waals surface area contributed by atoms with Gasteiger partial charge in [-0.2, -0.15) is 5.10 Å². The Kier molecular flexibility index (Phi) is 4.47. The summed E-state index contributed by atoms with van der Waals surface area (Å²) in [4.78, 5) is 6.84. The van der Waals surface area contributed by atoms with Gasteiger partial charge in [-0.15, -0.1) is 5.10 Å². The highest BCUT2D eigenvalue weighted by molar-refractivity contribution is 5.33. The number of aryl methyl sites for hydroxylation is 2. The van der Waals surface area contributed by atoms with Gasteiger partial charge in [-0.3, -0.25) is 0 Å². The molecule has 1 aromatic heterocycles. The molecule has 18 heavy (non-hydrogen) atoms. The van der Waals surface area contributed by atoms with Crippen LogP contribution in [0.3, 0.4) is 0 Å². The van der Waals surface area contributed by atoms with Crippen LogP contribution in [0.4, 0.5) is 5.95 Å². The van der Waals surface area contributed by atoms with Gasteiger partial charge in [0.1, 0.15) is 0 Å². The third-order valence-corrected chi connectivity index (χ3v) is 3.59. The quantitative estimate of drug-likeness (QED) is 0.854. The van der Waals surface area contributed by atoms with Gasteiger partial charge in [-0.1, -0.05) is 13.8 Å². The van der Waals surface area contributed by atoms with Crippen molar-refractivity contribution < 1.29 is 5.11 Å². The second-order valence-corrected chi connectivity index (χ2v) is 4.71. The molecule has 5 heteroatoms. The summed E-state index contributed by atoms with van der Waals surface area (Å²) in [6, 6.07) is 0.369. The van der Waals surface area contributed by atoms with Crippen molar-refractivity contribution in [3.05, 3.63) is 11.4 Å². The molecule has 0 aromatic carbocycles. The molecule has 1 aliphatic rings. The molecule has 0 spiro atoms. The summed E-state index contributed by atoms with van der Waals surface area (Å²) in [5, 5.41) is 17.6. The molecule has 1 fully saturated rings. The molecule has 0 bridgehead atoms. The predicted octanol–water partition coefficient (Wildman–Crippen LogP) is 1.35. The highest BCUT2D eigenvalue weighted by atomic mass is 16.3. The molecule has 1 aliphatic heterocycles. The number of aliphatic hydroxyl groups excluding tert-OH is 1. The monoisotopic (exact) mass is 250 g/mol. The highest BCUT2D eigenvalue weighted by Crippen LogP contribution is 2.24. The van der Waals surface area contributed by atoms with Crippen LogP contribution in [-0.2, 0) is 12.8 Å². The van der Waals surface area contributed by atoms with Crippen molar-refractivity contribution in [3.63, 3.8) is 0 Å². The zero-order valence-corrected chi connectivity index (χ0v) is 11.3. The summed E-state index contributed by atoms with van der Waals surface area (Å²) in [6.45, 7) is 5.38. The van der Waals surface area contributed by atoms with E-state index in [1.807, 2.05) is 0 Å². The fourth-order valence-electron chi connectivity index (χ4n) is 2.60. The molecule has 0 aliphatic carbocycles. The number of rotatable bonds is 5. The third-order valence-electron chi connectivity index (χ3n) is 3.59. The zero-order valence-electron chi connectivity index (χ0n) is 11.3. The number of hydrogen-bond donors (Lipinski definition) is 1. The number of nitrogens with zero attached hydrogens (tertiary/aromatic N) is 4. The van der Waals surface area contributed by atoms with Gasteiger partial charge in [0.2, 0.25) is 5.95 Å². The Morgan fingerprint density at radius 1 is 1.22 bits per heavy atom. The second-order valence-electron chi connectivity index (χ2n) is 4.71. The molecule has 0 amide bonds. The Balaban J connectivity index is 2.22. The Hall–Kier alpha value is -1.23. The molecular weight excluding hydrogens is 228 g/mol. The van der Waals surface area contributed by atoms with Crippen LogP contribution in [0.15, 0.2) is 0 Å². The van der Waals surface area contributed by atoms with Gasteiger partial charge >= 0.3 is 0 Å². The molecule has 1 N–H and O–H groups in total. The summed E-state index contributed by atoms with van der Waals surface area (Å²) in [5.74, 6) is 0.736. The van der Waals surface area contributed by atoms with Gasteiger partial charge in [0.25, 0.3) is 0 Å². The first kappa shape index (κ1) is 13.2. The van der Waals surface area contributed by atoms with Crippen molar-refractivity contribution in [2.45, 2.75) is 52.0 Å². The minimum atomic E-state index is 0.224. The lowest BCUT2D eigenvalue weighted by Crippen LogP contribution is -2.32. The standard InChI is InChI=1S/C13H22N4O/c1-3-11-12(4-2)15-16-13(14-11)17-8-5-6-10(17)7-9-18/h10,18H,3-9H2,1-2H3. The number of hydrogen-bond acceptors (Lipinski definition) is 5. The summed E-state index contributed by atoms with van der Waals surface area (Å²) in [6.07, 6.45) is 4.82. The van der Waals surface area contributed by atoms with Crippen molar-refractivity contribution >= 4 is 5.95 Å². The maximum absolute atomic E-state index is 9.09. The largest absolute Gasteiger partial charge is 0.396 e.